The van der Waals surface area contributed by atoms with Gasteiger partial charge < -0.3 is 14.4 Å². The van der Waals surface area contributed by atoms with E-state index in [1.54, 1.807) is 4.90 Å². The maximum absolute atomic E-state index is 12.1. The van der Waals surface area contributed by atoms with Crippen LogP contribution in [0, 0.1) is 0 Å². The van der Waals surface area contributed by atoms with Gasteiger partial charge in [0.1, 0.15) is 0 Å². The molecule has 2 fully saturated rings. The van der Waals surface area contributed by atoms with E-state index in [0.717, 1.165) is 0 Å². The van der Waals surface area contributed by atoms with Gasteiger partial charge in [-0.1, -0.05) is 0 Å². The summed E-state index contributed by atoms with van der Waals surface area (Å²) in [7, 11) is -2.03. The predicted octanol–water partition coefficient (Wildman–Crippen LogP) is -1.99. The first kappa shape index (κ1) is 14.7. The molecule has 8 nitrogen and oxygen atoms in total. The Morgan fingerprint density at radius 2 is 1.89 bits per heavy atom. The Balaban J connectivity index is 1.87. The number of hydrogen-bond donors (Lipinski definition) is 1. The Labute approximate surface area is 112 Å². The van der Waals surface area contributed by atoms with Gasteiger partial charge in [-0.15, -0.1) is 0 Å². The van der Waals surface area contributed by atoms with Crippen molar-refractivity contribution >= 4 is 16.1 Å². The van der Waals surface area contributed by atoms with Gasteiger partial charge in [0.2, 0.25) is 0 Å². The van der Waals surface area contributed by atoms with Gasteiger partial charge in [-0.05, 0) is 0 Å². The van der Waals surface area contributed by atoms with Crippen LogP contribution in [0.15, 0.2) is 0 Å². The second kappa shape index (κ2) is 6.14. The lowest BCUT2D eigenvalue weighted by molar-refractivity contribution is -0.159. The Hall–Kier alpha value is -0.740. The van der Waals surface area contributed by atoms with Crippen LogP contribution in [0.5, 0.6) is 0 Å². The number of rotatable bonds is 3. The van der Waals surface area contributed by atoms with Crippen molar-refractivity contribution in [2.75, 3.05) is 53.0 Å². The molecular formula is C10H19N3O5S. The third-order valence-corrected chi connectivity index (χ3v) is 4.80. The van der Waals surface area contributed by atoms with Crippen molar-refractivity contribution < 1.29 is 22.7 Å². The molecule has 0 aliphatic carbocycles. The number of hydrogen-bond acceptors (Lipinski definition) is 5. The number of ether oxygens (including phenoxy) is 2. The lowest BCUT2D eigenvalue weighted by Crippen LogP contribution is -2.55. The van der Waals surface area contributed by atoms with Gasteiger partial charge in [-0.2, -0.15) is 12.7 Å². The van der Waals surface area contributed by atoms with Crippen molar-refractivity contribution in [3.8, 4) is 0 Å². The second-order valence-electron chi connectivity index (χ2n) is 4.37. The third kappa shape index (κ3) is 3.42. The lowest BCUT2D eigenvalue weighted by atomic mass is 10.2. The van der Waals surface area contributed by atoms with Crippen LogP contribution in [0.1, 0.15) is 0 Å². The molecule has 2 aliphatic heterocycles. The monoisotopic (exact) mass is 293 g/mol. The van der Waals surface area contributed by atoms with Crippen molar-refractivity contribution in [2.45, 2.75) is 6.10 Å². The molecule has 0 aromatic heterocycles. The summed E-state index contributed by atoms with van der Waals surface area (Å²) in [5.41, 5.74) is 0. The number of carbonyl (C=O) groups excluding carboxylic acids is 1. The van der Waals surface area contributed by atoms with E-state index >= 15 is 0 Å². The quantitative estimate of drug-likeness (QED) is 0.651. The average molecular weight is 293 g/mol. The molecule has 1 unspecified atom stereocenters. The number of piperazine rings is 1. The summed E-state index contributed by atoms with van der Waals surface area (Å²) >= 11 is 0. The molecule has 0 saturated carbocycles. The van der Waals surface area contributed by atoms with Crippen LogP contribution in [0.3, 0.4) is 0 Å². The van der Waals surface area contributed by atoms with Crippen molar-refractivity contribution in [1.29, 1.82) is 0 Å². The molecule has 1 amide bonds. The molecule has 0 aromatic carbocycles. The van der Waals surface area contributed by atoms with E-state index in [-0.39, 0.29) is 12.5 Å². The maximum atomic E-state index is 12.1. The van der Waals surface area contributed by atoms with E-state index in [0.29, 0.717) is 39.4 Å². The number of nitrogens with one attached hydrogen (secondary N) is 1. The topological polar surface area (TPSA) is 88.2 Å². The summed E-state index contributed by atoms with van der Waals surface area (Å²) in [5, 5.41) is 0. The van der Waals surface area contributed by atoms with Crippen molar-refractivity contribution in [3.05, 3.63) is 0 Å². The van der Waals surface area contributed by atoms with Gasteiger partial charge in [-0.3, -0.25) is 4.79 Å². The van der Waals surface area contributed by atoms with Crippen LogP contribution in [-0.2, 0) is 24.5 Å². The van der Waals surface area contributed by atoms with Crippen molar-refractivity contribution in [3.63, 3.8) is 0 Å². The van der Waals surface area contributed by atoms with Crippen LogP contribution in [0.25, 0.3) is 0 Å². The highest BCUT2D eigenvalue weighted by molar-refractivity contribution is 7.87. The molecule has 19 heavy (non-hydrogen) atoms. The van der Waals surface area contributed by atoms with Gasteiger partial charge in [0, 0.05) is 33.2 Å². The first-order valence-corrected chi connectivity index (χ1v) is 7.65. The van der Waals surface area contributed by atoms with Crippen LogP contribution in [0.4, 0.5) is 0 Å². The molecule has 110 valence electrons. The summed E-state index contributed by atoms with van der Waals surface area (Å²) in [5.74, 6) is -0.124. The van der Waals surface area contributed by atoms with E-state index in [1.807, 2.05) is 0 Å². The van der Waals surface area contributed by atoms with E-state index in [4.69, 9.17) is 9.47 Å². The molecule has 2 rings (SSSR count). The van der Waals surface area contributed by atoms with E-state index in [1.165, 1.54) is 11.4 Å². The molecule has 1 atom stereocenters. The largest absolute Gasteiger partial charge is 0.376 e. The fraction of sp³-hybridized carbons (Fsp3) is 0.900. The van der Waals surface area contributed by atoms with Gasteiger partial charge in [0.05, 0.1) is 19.8 Å². The zero-order chi connectivity index (χ0) is 13.9. The first-order chi connectivity index (χ1) is 9.04. The summed E-state index contributed by atoms with van der Waals surface area (Å²) in [6.45, 7) is 2.54. The predicted molar refractivity (Wildman–Crippen MR) is 66.7 cm³/mol. The van der Waals surface area contributed by atoms with Crippen LogP contribution in [-0.4, -0.2) is 82.7 Å². The molecule has 9 heteroatoms. The zero-order valence-electron chi connectivity index (χ0n) is 10.9. The van der Waals surface area contributed by atoms with Gasteiger partial charge in [-0.25, -0.2) is 4.72 Å². The Morgan fingerprint density at radius 3 is 2.42 bits per heavy atom. The van der Waals surface area contributed by atoms with Crippen molar-refractivity contribution in [2.24, 2.45) is 0 Å². The fourth-order valence-electron chi connectivity index (χ4n) is 2.11. The van der Waals surface area contributed by atoms with E-state index in [2.05, 4.69) is 4.72 Å². The maximum Gasteiger partial charge on any atom is 0.279 e. The highest BCUT2D eigenvalue weighted by Crippen LogP contribution is 2.10. The molecule has 1 N–H and O–H groups in total. The Morgan fingerprint density at radius 1 is 1.21 bits per heavy atom. The van der Waals surface area contributed by atoms with E-state index in [9.17, 15) is 13.2 Å². The Bertz CT molecular complexity index is 413. The smallest absolute Gasteiger partial charge is 0.279 e. The lowest BCUT2D eigenvalue weighted by Gasteiger charge is -2.36. The second-order valence-corrected chi connectivity index (χ2v) is 6.24. The molecule has 0 spiro atoms. The SMILES string of the molecule is CNS(=O)(=O)N1CCN(C(=O)C2COCCO2)CC1. The van der Waals surface area contributed by atoms with Gasteiger partial charge in [0.15, 0.2) is 6.10 Å². The highest BCUT2D eigenvalue weighted by atomic mass is 32.2. The molecule has 0 aromatic rings. The third-order valence-electron chi connectivity index (χ3n) is 3.24. The molecule has 0 bridgehead atoms. The molecule has 2 heterocycles. The summed E-state index contributed by atoms with van der Waals surface area (Å²) < 4.78 is 37.3. The van der Waals surface area contributed by atoms with Crippen molar-refractivity contribution in [1.82, 2.24) is 13.9 Å². The zero-order valence-corrected chi connectivity index (χ0v) is 11.7. The number of amides is 1. The summed E-state index contributed by atoms with van der Waals surface area (Å²) in [4.78, 5) is 13.7. The number of carbonyl (C=O) groups is 1. The van der Waals surface area contributed by atoms with Gasteiger partial charge in [0.25, 0.3) is 16.1 Å². The highest BCUT2D eigenvalue weighted by Gasteiger charge is 2.32. The first-order valence-electron chi connectivity index (χ1n) is 6.21. The Kier molecular flexibility index (Phi) is 4.74. The summed E-state index contributed by atoms with van der Waals surface area (Å²) in [6.07, 6.45) is -0.554. The molecule has 0 radical (unpaired) electrons. The van der Waals surface area contributed by atoms with E-state index < -0.39 is 16.3 Å². The van der Waals surface area contributed by atoms with Crippen LogP contribution >= 0.6 is 0 Å². The normalized spacial score (nSPS) is 26.4. The minimum atomic E-state index is -3.41. The minimum Gasteiger partial charge on any atom is -0.376 e. The standard InChI is InChI=1S/C10H19N3O5S/c1-11-19(15,16)13-4-2-12(3-5-13)10(14)9-8-17-6-7-18-9/h9,11H,2-8H2,1H3. The summed E-state index contributed by atoms with van der Waals surface area (Å²) in [6, 6.07) is 0. The van der Waals surface area contributed by atoms with Crippen LogP contribution in [0.2, 0.25) is 0 Å². The van der Waals surface area contributed by atoms with Crippen LogP contribution < -0.4 is 4.72 Å². The minimum absolute atomic E-state index is 0.124. The molecular weight excluding hydrogens is 274 g/mol. The fourth-order valence-corrected chi connectivity index (χ4v) is 3.01. The molecule has 2 aliphatic rings. The average Bonchev–Trinajstić information content (AvgIpc) is 2.47. The molecule has 2 saturated heterocycles. The van der Waals surface area contributed by atoms with Gasteiger partial charge >= 0.3 is 0 Å². The number of nitrogens with zero attached hydrogens (tertiary/aromatic N) is 2.